The maximum atomic E-state index is 12.4. The van der Waals surface area contributed by atoms with Crippen LogP contribution in [0.3, 0.4) is 0 Å². The van der Waals surface area contributed by atoms with Crippen LogP contribution in [0.1, 0.15) is 65.7 Å². The highest BCUT2D eigenvalue weighted by molar-refractivity contribution is 5.95. The van der Waals surface area contributed by atoms with Crippen molar-refractivity contribution >= 4 is 17.5 Å². The molecule has 1 aliphatic heterocycles. The summed E-state index contributed by atoms with van der Waals surface area (Å²) in [7, 11) is 0. The van der Waals surface area contributed by atoms with Gasteiger partial charge < -0.3 is 9.84 Å². The molecule has 5 rings (SSSR count). The average molecular weight is 386 g/mol. The minimum absolute atomic E-state index is 0.00725. The van der Waals surface area contributed by atoms with Crippen molar-refractivity contribution in [2.45, 2.75) is 77.4 Å². The summed E-state index contributed by atoms with van der Waals surface area (Å²) in [4.78, 5) is 36.5. The van der Waals surface area contributed by atoms with E-state index in [1.165, 1.54) is 0 Å². The third kappa shape index (κ3) is 2.04. The number of carboxylic acid groups (broad SMARTS) is 1. The number of Topliss-reactive ketones (excluding diaryl/α,β-unsaturated/α-hetero) is 1. The first-order valence-electron chi connectivity index (χ1n) is 10.8. The lowest BCUT2D eigenvalue weighted by atomic mass is 9.44. The normalized spacial score (nSPS) is 51.8. The first-order chi connectivity index (χ1) is 13.1. The summed E-state index contributed by atoms with van der Waals surface area (Å²) in [6.07, 6.45) is 7.06. The monoisotopic (exact) mass is 386 g/mol. The van der Waals surface area contributed by atoms with E-state index in [4.69, 9.17) is 4.74 Å². The van der Waals surface area contributed by atoms with Gasteiger partial charge in [0, 0.05) is 17.8 Å². The molecule has 0 aromatic rings. The molecule has 1 saturated heterocycles. The lowest BCUT2D eigenvalue weighted by molar-refractivity contribution is -0.139. The first-order valence-corrected chi connectivity index (χ1v) is 10.8. The summed E-state index contributed by atoms with van der Waals surface area (Å²) in [6.45, 7) is 6.23. The molecule has 152 valence electrons. The second-order valence-corrected chi connectivity index (χ2v) is 10.4. The Morgan fingerprint density at radius 3 is 2.54 bits per heavy atom. The van der Waals surface area contributed by atoms with E-state index in [-0.39, 0.29) is 29.0 Å². The van der Waals surface area contributed by atoms with Crippen molar-refractivity contribution in [3.63, 3.8) is 0 Å². The SMILES string of the molecule is CC(=O)[C@H]1CC[C@H]2[C@@H]3CCC4=CC(=O)CC5(OC5C(=O)O)[C@]4(C)[C@H]3CC[C@]12C. The molecule has 0 amide bonds. The van der Waals surface area contributed by atoms with Gasteiger partial charge in [0.2, 0.25) is 0 Å². The van der Waals surface area contributed by atoms with Crippen molar-refractivity contribution in [2.24, 2.45) is 34.5 Å². The summed E-state index contributed by atoms with van der Waals surface area (Å²) in [5, 5.41) is 9.65. The van der Waals surface area contributed by atoms with Gasteiger partial charge in [-0.15, -0.1) is 0 Å². The lowest BCUT2D eigenvalue weighted by Gasteiger charge is -2.59. The van der Waals surface area contributed by atoms with Crippen LogP contribution in [-0.4, -0.2) is 34.3 Å². The summed E-state index contributed by atoms with van der Waals surface area (Å²) in [6, 6.07) is 0. The van der Waals surface area contributed by atoms with Gasteiger partial charge >= 0.3 is 5.97 Å². The average Bonchev–Trinajstić information content (AvgIpc) is 3.22. The molecule has 3 saturated carbocycles. The van der Waals surface area contributed by atoms with Gasteiger partial charge in [0.1, 0.15) is 11.4 Å². The largest absolute Gasteiger partial charge is 0.479 e. The number of ether oxygens (including phenoxy) is 1. The predicted molar refractivity (Wildman–Crippen MR) is 102 cm³/mol. The number of aliphatic carboxylic acids is 1. The molecule has 1 N–H and O–H groups in total. The first kappa shape index (κ1) is 18.5. The molecule has 1 heterocycles. The quantitative estimate of drug-likeness (QED) is 0.734. The summed E-state index contributed by atoms with van der Waals surface area (Å²) < 4.78 is 5.88. The number of ketones is 2. The van der Waals surface area contributed by atoms with Gasteiger partial charge in [0.05, 0.1) is 0 Å². The third-order valence-electron chi connectivity index (χ3n) is 9.65. The van der Waals surface area contributed by atoms with E-state index in [0.717, 1.165) is 44.1 Å². The molecule has 0 bridgehead atoms. The number of epoxide rings is 1. The van der Waals surface area contributed by atoms with Crippen LogP contribution in [-0.2, 0) is 19.1 Å². The van der Waals surface area contributed by atoms with Gasteiger partial charge in [-0.1, -0.05) is 19.4 Å². The van der Waals surface area contributed by atoms with Crippen LogP contribution in [0.25, 0.3) is 0 Å². The van der Waals surface area contributed by atoms with Gasteiger partial charge in [0.25, 0.3) is 0 Å². The molecular weight excluding hydrogens is 356 g/mol. The van der Waals surface area contributed by atoms with Gasteiger partial charge in [-0.3, -0.25) is 9.59 Å². The Morgan fingerprint density at radius 2 is 1.89 bits per heavy atom. The molecule has 1 spiro atoms. The minimum Gasteiger partial charge on any atom is -0.479 e. The minimum atomic E-state index is -0.949. The van der Waals surface area contributed by atoms with Crippen LogP contribution in [0.5, 0.6) is 0 Å². The highest BCUT2D eigenvalue weighted by Crippen LogP contribution is 2.72. The Hall–Kier alpha value is -1.49. The topological polar surface area (TPSA) is 84.0 Å². The van der Waals surface area contributed by atoms with Crippen molar-refractivity contribution in [2.75, 3.05) is 0 Å². The number of fused-ring (bicyclic) bond motifs is 6. The van der Waals surface area contributed by atoms with Crippen LogP contribution in [0, 0.1) is 34.5 Å². The zero-order valence-electron chi connectivity index (χ0n) is 17.0. The molecular formula is C23H30O5. The Morgan fingerprint density at radius 1 is 1.14 bits per heavy atom. The Kier molecular flexibility index (Phi) is 3.68. The molecule has 4 aliphatic carbocycles. The fourth-order valence-corrected chi connectivity index (χ4v) is 8.35. The van der Waals surface area contributed by atoms with E-state index < -0.39 is 17.7 Å². The molecule has 0 aromatic carbocycles. The van der Waals surface area contributed by atoms with Crippen LogP contribution in [0.4, 0.5) is 0 Å². The molecule has 4 fully saturated rings. The van der Waals surface area contributed by atoms with E-state index in [1.54, 1.807) is 13.0 Å². The number of hydrogen-bond acceptors (Lipinski definition) is 4. The molecule has 5 nitrogen and oxygen atoms in total. The number of hydrogen-bond donors (Lipinski definition) is 1. The number of carbonyl (C=O) groups is 3. The second-order valence-electron chi connectivity index (χ2n) is 10.4. The molecule has 5 aliphatic rings. The second kappa shape index (κ2) is 5.56. The Labute approximate surface area is 165 Å². The summed E-state index contributed by atoms with van der Waals surface area (Å²) in [5.74, 6) is 0.859. The molecule has 2 unspecified atom stereocenters. The molecule has 5 heteroatoms. The van der Waals surface area contributed by atoms with Gasteiger partial charge in [-0.2, -0.15) is 0 Å². The van der Waals surface area contributed by atoms with Crippen LogP contribution < -0.4 is 0 Å². The maximum absolute atomic E-state index is 12.4. The van der Waals surface area contributed by atoms with E-state index in [9.17, 15) is 19.5 Å². The van der Waals surface area contributed by atoms with Gasteiger partial charge in [0.15, 0.2) is 11.9 Å². The van der Waals surface area contributed by atoms with Gasteiger partial charge in [-0.05, 0) is 74.7 Å². The van der Waals surface area contributed by atoms with Crippen molar-refractivity contribution < 1.29 is 24.2 Å². The van der Waals surface area contributed by atoms with Crippen LogP contribution >= 0.6 is 0 Å². The third-order valence-corrected chi connectivity index (χ3v) is 9.65. The summed E-state index contributed by atoms with van der Waals surface area (Å²) in [5.41, 5.74) is -0.0738. The van der Waals surface area contributed by atoms with Crippen molar-refractivity contribution in [1.29, 1.82) is 0 Å². The predicted octanol–water partition coefficient (Wildman–Crippen LogP) is 3.56. The smallest absolute Gasteiger partial charge is 0.335 e. The van der Waals surface area contributed by atoms with E-state index in [2.05, 4.69) is 13.8 Å². The van der Waals surface area contributed by atoms with Crippen molar-refractivity contribution in [3.8, 4) is 0 Å². The highest BCUT2D eigenvalue weighted by Gasteiger charge is 2.76. The standard InChI is InChI=1S/C23H30O5/c1-12(24)16-6-7-17-15-5-4-13-10-14(25)11-23(19(28-23)20(26)27)22(13,3)18(15)8-9-21(16,17)2/h10,15-19H,4-9,11H2,1-3H3,(H,26,27)/t15-,16+,17-,18-,19?,21+,22-,23?/m0/s1. The van der Waals surface area contributed by atoms with Crippen LogP contribution in [0.2, 0.25) is 0 Å². The number of rotatable bonds is 2. The molecule has 8 atom stereocenters. The highest BCUT2D eigenvalue weighted by atomic mass is 16.6. The van der Waals surface area contributed by atoms with E-state index in [1.807, 2.05) is 0 Å². The number of carboxylic acids is 1. The van der Waals surface area contributed by atoms with Crippen LogP contribution in [0.15, 0.2) is 11.6 Å². The van der Waals surface area contributed by atoms with E-state index in [0.29, 0.717) is 23.5 Å². The van der Waals surface area contributed by atoms with Crippen molar-refractivity contribution in [3.05, 3.63) is 11.6 Å². The Bertz CT molecular complexity index is 814. The van der Waals surface area contributed by atoms with Gasteiger partial charge in [-0.25, -0.2) is 4.79 Å². The molecule has 28 heavy (non-hydrogen) atoms. The van der Waals surface area contributed by atoms with Crippen molar-refractivity contribution in [1.82, 2.24) is 0 Å². The maximum Gasteiger partial charge on any atom is 0.335 e. The molecule has 0 radical (unpaired) electrons. The zero-order chi connectivity index (χ0) is 20.1. The fourth-order valence-electron chi connectivity index (χ4n) is 8.35. The Balaban J connectivity index is 1.55. The fraction of sp³-hybridized carbons (Fsp3) is 0.783. The zero-order valence-corrected chi connectivity index (χ0v) is 17.0. The lowest BCUT2D eigenvalue weighted by Crippen LogP contribution is -2.58. The molecule has 0 aromatic heterocycles. The van der Waals surface area contributed by atoms with E-state index >= 15 is 0 Å². The summed E-state index contributed by atoms with van der Waals surface area (Å²) >= 11 is 0. The number of carbonyl (C=O) groups excluding carboxylic acids is 2.